The van der Waals surface area contributed by atoms with E-state index in [0.717, 1.165) is 35.6 Å². The summed E-state index contributed by atoms with van der Waals surface area (Å²) in [6.07, 6.45) is 1.88. The van der Waals surface area contributed by atoms with Crippen LogP contribution in [-0.2, 0) is 10.8 Å². The molecule has 98 valence electrons. The van der Waals surface area contributed by atoms with Gasteiger partial charge in [-0.15, -0.1) is 0 Å². The molecule has 0 amide bonds. The molecule has 1 aromatic rings. The Morgan fingerprint density at radius 3 is 2.72 bits per heavy atom. The molecular weight excluding hydrogens is 264 g/mol. The van der Waals surface area contributed by atoms with Gasteiger partial charge in [0.2, 0.25) is 0 Å². The van der Waals surface area contributed by atoms with Crippen LogP contribution in [0.15, 0.2) is 18.2 Å². The van der Waals surface area contributed by atoms with Gasteiger partial charge in [0.25, 0.3) is 0 Å². The van der Waals surface area contributed by atoms with Crippen LogP contribution in [0.2, 0.25) is 0 Å². The first-order chi connectivity index (χ1) is 8.56. The second-order valence-corrected chi connectivity index (χ2v) is 6.82. The summed E-state index contributed by atoms with van der Waals surface area (Å²) >= 11 is 5.07. The average Bonchev–Trinajstić information content (AvgIpc) is 2.32. The van der Waals surface area contributed by atoms with E-state index in [1.807, 2.05) is 19.1 Å². The highest BCUT2D eigenvalue weighted by Crippen LogP contribution is 2.21. The number of anilines is 1. The normalized spacial score (nSPS) is 23.6. The largest absolute Gasteiger partial charge is 0.389 e. The zero-order valence-corrected chi connectivity index (χ0v) is 12.1. The number of hydrogen-bond acceptors (Lipinski definition) is 3. The molecule has 18 heavy (non-hydrogen) atoms. The van der Waals surface area contributed by atoms with Gasteiger partial charge in [0.05, 0.1) is 0 Å². The standard InChI is InChI=1S/C13H18N2OS2/c1-9-2-3-11(13(14)17)12(8-9)15-10-4-6-18(16)7-5-10/h2-3,8,10,15H,4-7H2,1H3,(H2,14,17). The zero-order chi connectivity index (χ0) is 13.1. The second kappa shape index (κ2) is 5.80. The van der Waals surface area contributed by atoms with Crippen molar-refractivity contribution in [1.29, 1.82) is 0 Å². The van der Waals surface area contributed by atoms with Crippen LogP contribution in [0.4, 0.5) is 5.69 Å². The minimum Gasteiger partial charge on any atom is -0.389 e. The average molecular weight is 282 g/mol. The highest BCUT2D eigenvalue weighted by molar-refractivity contribution is 7.85. The van der Waals surface area contributed by atoms with E-state index in [-0.39, 0.29) is 0 Å². The summed E-state index contributed by atoms with van der Waals surface area (Å²) in [5, 5.41) is 3.49. The fraction of sp³-hybridized carbons (Fsp3) is 0.462. The van der Waals surface area contributed by atoms with E-state index in [2.05, 4.69) is 11.4 Å². The first-order valence-electron chi connectivity index (χ1n) is 6.08. The van der Waals surface area contributed by atoms with Crippen LogP contribution in [0, 0.1) is 6.92 Å². The van der Waals surface area contributed by atoms with Crippen LogP contribution in [0.3, 0.4) is 0 Å². The summed E-state index contributed by atoms with van der Waals surface area (Å²) in [7, 11) is -0.628. The number of rotatable bonds is 3. The van der Waals surface area contributed by atoms with Gasteiger partial charge in [0.1, 0.15) is 4.99 Å². The maximum atomic E-state index is 11.3. The second-order valence-electron chi connectivity index (χ2n) is 4.68. The van der Waals surface area contributed by atoms with E-state index in [4.69, 9.17) is 18.0 Å². The highest BCUT2D eigenvalue weighted by Gasteiger charge is 2.18. The summed E-state index contributed by atoms with van der Waals surface area (Å²) in [6.45, 7) is 2.05. The molecule has 0 bridgehead atoms. The Bertz CT molecular complexity index is 478. The van der Waals surface area contributed by atoms with Crippen LogP contribution in [0.5, 0.6) is 0 Å². The molecule has 0 aromatic heterocycles. The minimum atomic E-state index is -0.628. The predicted molar refractivity (Wildman–Crippen MR) is 81.6 cm³/mol. The number of thiocarbonyl (C=S) groups is 1. The van der Waals surface area contributed by atoms with Crippen LogP contribution in [0.25, 0.3) is 0 Å². The first-order valence-corrected chi connectivity index (χ1v) is 7.98. The van der Waals surface area contributed by atoms with Crippen molar-refractivity contribution in [1.82, 2.24) is 0 Å². The van der Waals surface area contributed by atoms with Gasteiger partial charge >= 0.3 is 0 Å². The topological polar surface area (TPSA) is 55.1 Å². The van der Waals surface area contributed by atoms with Gasteiger partial charge in [0.15, 0.2) is 0 Å². The summed E-state index contributed by atoms with van der Waals surface area (Å²) in [6, 6.07) is 6.41. The van der Waals surface area contributed by atoms with Gasteiger partial charge < -0.3 is 11.1 Å². The van der Waals surface area contributed by atoms with Gasteiger partial charge in [-0.05, 0) is 37.5 Å². The number of benzene rings is 1. The third-order valence-corrected chi connectivity index (χ3v) is 4.79. The number of nitrogens with two attached hydrogens (primary N) is 1. The Kier molecular flexibility index (Phi) is 4.35. The molecule has 1 fully saturated rings. The van der Waals surface area contributed by atoms with E-state index >= 15 is 0 Å². The molecule has 1 aliphatic rings. The fourth-order valence-electron chi connectivity index (χ4n) is 2.15. The lowest BCUT2D eigenvalue weighted by Gasteiger charge is -2.25. The smallest absolute Gasteiger partial charge is 0.106 e. The minimum absolute atomic E-state index is 0.373. The van der Waals surface area contributed by atoms with Gasteiger partial charge in [-0.1, -0.05) is 18.3 Å². The molecule has 1 aromatic carbocycles. The molecule has 3 N–H and O–H groups in total. The van der Waals surface area contributed by atoms with E-state index < -0.39 is 10.8 Å². The third kappa shape index (κ3) is 3.29. The predicted octanol–water partition coefficient (Wildman–Crippen LogP) is 1.95. The molecule has 1 heterocycles. The number of nitrogens with one attached hydrogen (secondary N) is 1. The molecule has 0 radical (unpaired) electrons. The molecule has 2 rings (SSSR count). The van der Waals surface area contributed by atoms with Crippen molar-refractivity contribution >= 4 is 33.7 Å². The van der Waals surface area contributed by atoms with Crippen LogP contribution in [0.1, 0.15) is 24.0 Å². The molecule has 0 spiro atoms. The van der Waals surface area contributed by atoms with Crippen molar-refractivity contribution in [3.63, 3.8) is 0 Å². The van der Waals surface area contributed by atoms with Crippen LogP contribution >= 0.6 is 12.2 Å². The van der Waals surface area contributed by atoms with Crippen LogP contribution in [-0.4, -0.2) is 26.7 Å². The highest BCUT2D eigenvalue weighted by atomic mass is 32.2. The Balaban J connectivity index is 2.15. The van der Waals surface area contributed by atoms with E-state index in [0.29, 0.717) is 11.0 Å². The SMILES string of the molecule is Cc1ccc(C(N)=S)c(NC2CCS(=O)CC2)c1. The van der Waals surface area contributed by atoms with Gasteiger partial charge in [-0.2, -0.15) is 0 Å². The molecule has 1 saturated heterocycles. The lowest BCUT2D eigenvalue weighted by atomic mass is 10.1. The molecule has 5 heteroatoms. The van der Waals surface area contributed by atoms with Crippen LogP contribution < -0.4 is 11.1 Å². The molecule has 3 nitrogen and oxygen atoms in total. The Morgan fingerprint density at radius 1 is 1.44 bits per heavy atom. The van der Waals surface area contributed by atoms with Crippen molar-refractivity contribution in [3.05, 3.63) is 29.3 Å². The fourth-order valence-corrected chi connectivity index (χ4v) is 3.63. The quantitative estimate of drug-likeness (QED) is 0.832. The maximum Gasteiger partial charge on any atom is 0.106 e. The molecule has 1 aliphatic heterocycles. The number of hydrogen-bond donors (Lipinski definition) is 2. The van der Waals surface area contributed by atoms with E-state index in [1.165, 1.54) is 5.56 Å². The lowest BCUT2D eigenvalue weighted by Crippen LogP contribution is -2.30. The molecule has 0 saturated carbocycles. The van der Waals surface area contributed by atoms with Crippen molar-refractivity contribution < 1.29 is 4.21 Å². The molecule has 0 aliphatic carbocycles. The summed E-state index contributed by atoms with van der Waals surface area (Å²) in [4.78, 5) is 0.414. The van der Waals surface area contributed by atoms with E-state index in [9.17, 15) is 4.21 Å². The van der Waals surface area contributed by atoms with Crippen molar-refractivity contribution in [2.24, 2.45) is 5.73 Å². The van der Waals surface area contributed by atoms with Crippen molar-refractivity contribution in [3.8, 4) is 0 Å². The first kappa shape index (κ1) is 13.5. The van der Waals surface area contributed by atoms with Gasteiger partial charge in [-0.3, -0.25) is 4.21 Å². The summed E-state index contributed by atoms with van der Waals surface area (Å²) < 4.78 is 11.3. The monoisotopic (exact) mass is 282 g/mol. The maximum absolute atomic E-state index is 11.3. The van der Waals surface area contributed by atoms with Crippen molar-refractivity contribution in [2.75, 3.05) is 16.8 Å². The van der Waals surface area contributed by atoms with Gasteiger partial charge in [-0.25, -0.2) is 0 Å². The Labute approximate surface area is 116 Å². The van der Waals surface area contributed by atoms with Gasteiger partial charge in [0, 0.05) is 39.6 Å². The van der Waals surface area contributed by atoms with E-state index in [1.54, 1.807) is 0 Å². The summed E-state index contributed by atoms with van der Waals surface area (Å²) in [5.74, 6) is 1.57. The number of aryl methyl sites for hydroxylation is 1. The zero-order valence-electron chi connectivity index (χ0n) is 10.4. The third-order valence-electron chi connectivity index (χ3n) is 3.19. The summed E-state index contributed by atoms with van der Waals surface area (Å²) in [5.41, 5.74) is 8.80. The Hall–Kier alpha value is -0.940. The lowest BCUT2D eigenvalue weighted by molar-refractivity contribution is 0.624. The van der Waals surface area contributed by atoms with Crippen molar-refractivity contribution in [2.45, 2.75) is 25.8 Å². The molecule has 0 atom stereocenters. The molecular formula is C13H18N2OS2. The Morgan fingerprint density at radius 2 is 2.11 bits per heavy atom. The molecule has 0 unspecified atom stereocenters.